The molecular formula is C10H8F4N2O. The first kappa shape index (κ1) is 13.3. The molecule has 0 aliphatic rings. The zero-order valence-corrected chi connectivity index (χ0v) is 8.51. The molecule has 1 rings (SSSR count). The SMILES string of the molecule is N#Cc1cc(NCCOC(F)(F)F)ccc1F. The zero-order chi connectivity index (χ0) is 12.9. The van der Waals surface area contributed by atoms with Gasteiger partial charge in [0, 0.05) is 12.2 Å². The third-order valence-electron chi connectivity index (χ3n) is 1.78. The molecule has 0 spiro atoms. The molecule has 0 saturated carbocycles. The van der Waals surface area contributed by atoms with Gasteiger partial charge in [-0.1, -0.05) is 0 Å². The number of alkyl halides is 3. The Kier molecular flexibility index (Phi) is 4.29. The normalized spacial score (nSPS) is 11.0. The minimum absolute atomic E-state index is 0.101. The lowest BCUT2D eigenvalue weighted by Gasteiger charge is -2.09. The van der Waals surface area contributed by atoms with Crippen LogP contribution < -0.4 is 5.32 Å². The van der Waals surface area contributed by atoms with Crippen molar-refractivity contribution in [1.29, 1.82) is 5.26 Å². The Morgan fingerprint density at radius 1 is 1.35 bits per heavy atom. The van der Waals surface area contributed by atoms with Crippen molar-refractivity contribution in [3.05, 3.63) is 29.6 Å². The van der Waals surface area contributed by atoms with Crippen molar-refractivity contribution < 1.29 is 22.3 Å². The molecule has 0 bridgehead atoms. The number of anilines is 1. The monoisotopic (exact) mass is 248 g/mol. The van der Waals surface area contributed by atoms with Gasteiger partial charge in [-0.2, -0.15) is 5.26 Å². The van der Waals surface area contributed by atoms with Crippen molar-refractivity contribution in [3.63, 3.8) is 0 Å². The van der Waals surface area contributed by atoms with Crippen LogP contribution in [0.5, 0.6) is 0 Å². The summed E-state index contributed by atoms with van der Waals surface area (Å²) in [6.45, 7) is -0.668. The molecule has 0 amide bonds. The number of hydrogen-bond donors (Lipinski definition) is 1. The summed E-state index contributed by atoms with van der Waals surface area (Å²) in [6.07, 6.45) is -4.66. The first-order valence-electron chi connectivity index (χ1n) is 4.56. The lowest BCUT2D eigenvalue weighted by molar-refractivity contribution is -0.322. The molecular weight excluding hydrogens is 240 g/mol. The standard InChI is InChI=1S/C10H8F4N2O/c11-9-2-1-8(5-7(9)6-15)16-3-4-17-10(12,13)14/h1-2,5,16H,3-4H2. The minimum atomic E-state index is -4.66. The maximum Gasteiger partial charge on any atom is 0.522 e. The molecule has 0 aliphatic heterocycles. The first-order valence-corrected chi connectivity index (χ1v) is 4.56. The fourth-order valence-corrected chi connectivity index (χ4v) is 1.08. The summed E-state index contributed by atoms with van der Waals surface area (Å²) in [5.74, 6) is -0.676. The average Bonchev–Trinajstić information content (AvgIpc) is 2.25. The lowest BCUT2D eigenvalue weighted by Crippen LogP contribution is -2.19. The summed E-state index contributed by atoms with van der Waals surface area (Å²) < 4.78 is 51.3. The number of nitrogens with one attached hydrogen (secondary N) is 1. The minimum Gasteiger partial charge on any atom is -0.383 e. The van der Waals surface area contributed by atoms with E-state index >= 15 is 0 Å². The van der Waals surface area contributed by atoms with Gasteiger partial charge in [0.15, 0.2) is 0 Å². The number of ether oxygens (including phenoxy) is 1. The molecule has 7 heteroatoms. The largest absolute Gasteiger partial charge is 0.522 e. The Balaban J connectivity index is 2.45. The summed E-state index contributed by atoms with van der Waals surface area (Å²) in [6, 6.07) is 5.22. The van der Waals surface area contributed by atoms with Gasteiger partial charge in [0.25, 0.3) is 0 Å². The maximum atomic E-state index is 12.9. The second-order valence-electron chi connectivity index (χ2n) is 3.03. The number of hydrogen-bond acceptors (Lipinski definition) is 3. The number of rotatable bonds is 4. The fraction of sp³-hybridized carbons (Fsp3) is 0.300. The Morgan fingerprint density at radius 3 is 2.65 bits per heavy atom. The molecule has 0 aliphatic carbocycles. The number of nitriles is 1. The van der Waals surface area contributed by atoms with Crippen LogP contribution in [0.1, 0.15) is 5.56 Å². The topological polar surface area (TPSA) is 45.0 Å². The van der Waals surface area contributed by atoms with Gasteiger partial charge >= 0.3 is 6.36 Å². The van der Waals surface area contributed by atoms with Crippen molar-refractivity contribution in [1.82, 2.24) is 0 Å². The molecule has 0 saturated heterocycles. The van der Waals surface area contributed by atoms with E-state index in [9.17, 15) is 17.6 Å². The molecule has 1 aromatic carbocycles. The zero-order valence-electron chi connectivity index (χ0n) is 8.51. The van der Waals surface area contributed by atoms with Gasteiger partial charge in [-0.15, -0.1) is 13.2 Å². The number of benzene rings is 1. The van der Waals surface area contributed by atoms with Gasteiger partial charge in [0.1, 0.15) is 11.9 Å². The van der Waals surface area contributed by atoms with E-state index in [1.54, 1.807) is 6.07 Å². The highest BCUT2D eigenvalue weighted by Crippen LogP contribution is 2.16. The van der Waals surface area contributed by atoms with Crippen molar-refractivity contribution in [3.8, 4) is 6.07 Å². The second kappa shape index (κ2) is 5.50. The Hall–Kier alpha value is -1.81. The van der Waals surface area contributed by atoms with Crippen LogP contribution in [-0.4, -0.2) is 19.5 Å². The summed E-state index contributed by atoms with van der Waals surface area (Å²) in [5.41, 5.74) is 0.181. The highest BCUT2D eigenvalue weighted by atomic mass is 19.4. The van der Waals surface area contributed by atoms with E-state index in [0.29, 0.717) is 5.69 Å². The first-order chi connectivity index (χ1) is 7.92. The van der Waals surface area contributed by atoms with Crippen LogP contribution in [0.2, 0.25) is 0 Å². The van der Waals surface area contributed by atoms with E-state index < -0.39 is 18.8 Å². The molecule has 0 aromatic heterocycles. The van der Waals surface area contributed by atoms with Crippen LogP contribution in [0.15, 0.2) is 18.2 Å². The lowest BCUT2D eigenvalue weighted by atomic mass is 10.2. The third-order valence-corrected chi connectivity index (χ3v) is 1.78. The van der Waals surface area contributed by atoms with Crippen molar-refractivity contribution in [2.75, 3.05) is 18.5 Å². The highest BCUT2D eigenvalue weighted by molar-refractivity contribution is 5.49. The smallest absolute Gasteiger partial charge is 0.383 e. The third kappa shape index (κ3) is 4.70. The molecule has 17 heavy (non-hydrogen) atoms. The van der Waals surface area contributed by atoms with Crippen LogP contribution in [-0.2, 0) is 4.74 Å². The number of nitrogens with zero attached hydrogens (tertiary/aromatic N) is 1. The van der Waals surface area contributed by atoms with Crippen molar-refractivity contribution in [2.24, 2.45) is 0 Å². The molecule has 0 radical (unpaired) electrons. The van der Waals surface area contributed by atoms with Gasteiger partial charge in [-0.05, 0) is 18.2 Å². The molecule has 0 atom stereocenters. The van der Waals surface area contributed by atoms with Gasteiger partial charge in [0.2, 0.25) is 0 Å². The van der Waals surface area contributed by atoms with E-state index in [4.69, 9.17) is 5.26 Å². The van der Waals surface area contributed by atoms with Crippen LogP contribution in [0.3, 0.4) is 0 Å². The van der Waals surface area contributed by atoms with Crippen LogP contribution in [0.25, 0.3) is 0 Å². The maximum absolute atomic E-state index is 12.9. The molecule has 92 valence electrons. The van der Waals surface area contributed by atoms with Gasteiger partial charge in [-0.3, -0.25) is 4.74 Å². The van der Waals surface area contributed by atoms with E-state index in [1.165, 1.54) is 12.1 Å². The van der Waals surface area contributed by atoms with Crippen LogP contribution >= 0.6 is 0 Å². The van der Waals surface area contributed by atoms with Gasteiger partial charge < -0.3 is 5.32 Å². The Labute approximate surface area is 94.6 Å². The molecule has 0 unspecified atom stereocenters. The van der Waals surface area contributed by atoms with Crippen molar-refractivity contribution >= 4 is 5.69 Å². The van der Waals surface area contributed by atoms with E-state index in [0.717, 1.165) is 6.07 Å². The van der Waals surface area contributed by atoms with Gasteiger partial charge in [0.05, 0.1) is 12.2 Å². The molecule has 3 nitrogen and oxygen atoms in total. The summed E-state index contributed by atoms with van der Waals surface area (Å²) in [7, 11) is 0. The highest BCUT2D eigenvalue weighted by Gasteiger charge is 2.28. The molecule has 1 N–H and O–H groups in total. The van der Waals surface area contributed by atoms with E-state index in [1.807, 2.05) is 0 Å². The Morgan fingerprint density at radius 2 is 2.06 bits per heavy atom. The van der Waals surface area contributed by atoms with E-state index in [-0.39, 0.29) is 12.1 Å². The van der Waals surface area contributed by atoms with Crippen LogP contribution in [0.4, 0.5) is 23.2 Å². The molecule has 1 aromatic rings. The number of halogens is 4. The average molecular weight is 248 g/mol. The quantitative estimate of drug-likeness (QED) is 0.658. The predicted molar refractivity (Wildman–Crippen MR) is 51.6 cm³/mol. The van der Waals surface area contributed by atoms with Gasteiger partial charge in [-0.25, -0.2) is 4.39 Å². The fourth-order valence-electron chi connectivity index (χ4n) is 1.08. The summed E-state index contributed by atoms with van der Waals surface area (Å²) in [5, 5.41) is 11.1. The Bertz CT molecular complexity index is 425. The van der Waals surface area contributed by atoms with Crippen molar-refractivity contribution in [2.45, 2.75) is 6.36 Å². The second-order valence-corrected chi connectivity index (χ2v) is 3.03. The van der Waals surface area contributed by atoms with E-state index in [2.05, 4.69) is 10.1 Å². The molecule has 0 fully saturated rings. The molecule has 0 heterocycles. The summed E-state index contributed by atoms with van der Waals surface area (Å²) >= 11 is 0. The summed E-state index contributed by atoms with van der Waals surface area (Å²) in [4.78, 5) is 0. The van der Waals surface area contributed by atoms with Crippen LogP contribution in [0, 0.1) is 17.1 Å². The predicted octanol–water partition coefficient (Wildman–Crippen LogP) is 2.65.